The average molecular weight is 1390 g/mol. The Morgan fingerprint density at radius 2 is 0.519 bits per heavy atom. The van der Waals surface area contributed by atoms with Gasteiger partial charge < -0.3 is 4.42 Å². The molecule has 0 fully saturated rings. The van der Waals surface area contributed by atoms with Crippen LogP contribution >= 0.6 is 11.3 Å². The Morgan fingerprint density at radius 3 is 1.00 bits per heavy atom. The zero-order chi connectivity index (χ0) is 71.2. The fourth-order valence-corrected chi connectivity index (χ4v) is 21.5. The van der Waals surface area contributed by atoms with E-state index in [0.29, 0.717) is 0 Å². The second-order valence-electron chi connectivity index (χ2n) is 31.5. The predicted molar refractivity (Wildman–Crippen MR) is 459 cm³/mol. The van der Waals surface area contributed by atoms with Crippen molar-refractivity contribution < 1.29 is 4.42 Å². The first-order valence-corrected chi connectivity index (χ1v) is 38.8. The molecule has 2 heterocycles. The molecular formula is C106H66OS. The van der Waals surface area contributed by atoms with E-state index >= 15 is 0 Å². The van der Waals surface area contributed by atoms with Crippen LogP contribution in [-0.2, 0) is 10.8 Å². The molecule has 0 aliphatic heterocycles. The van der Waals surface area contributed by atoms with Gasteiger partial charge in [0.25, 0.3) is 0 Å². The second kappa shape index (κ2) is 21.8. The largest absolute Gasteiger partial charge is 0.456 e. The lowest BCUT2D eigenvalue weighted by Crippen LogP contribution is -2.23. The van der Waals surface area contributed by atoms with Crippen molar-refractivity contribution in [3.8, 4) is 145 Å². The number of benzene rings is 18. The fraction of sp³-hybridized carbons (Fsp3) is 0.0566. The fourth-order valence-electron chi connectivity index (χ4n) is 20.4. The molecule has 0 spiro atoms. The number of rotatable bonds is 7. The van der Waals surface area contributed by atoms with Gasteiger partial charge in [0, 0.05) is 41.8 Å². The molecule has 24 rings (SSSR count). The lowest BCUT2D eigenvalue weighted by molar-refractivity contribution is 0.645. The van der Waals surface area contributed by atoms with Crippen molar-refractivity contribution in [3.63, 3.8) is 0 Å². The van der Waals surface area contributed by atoms with Crippen molar-refractivity contribution in [2.24, 2.45) is 0 Å². The van der Waals surface area contributed by atoms with Crippen LogP contribution in [-0.4, -0.2) is 0 Å². The first kappa shape index (κ1) is 60.3. The van der Waals surface area contributed by atoms with E-state index in [1.165, 1.54) is 230 Å². The summed E-state index contributed by atoms with van der Waals surface area (Å²) in [5.74, 6) is 0. The Kier molecular flexibility index (Phi) is 12.2. The first-order valence-electron chi connectivity index (χ1n) is 37.9. The summed E-state index contributed by atoms with van der Waals surface area (Å²) in [6.07, 6.45) is 0. The highest BCUT2D eigenvalue weighted by atomic mass is 32.1. The van der Waals surface area contributed by atoms with E-state index in [4.69, 9.17) is 4.42 Å². The van der Waals surface area contributed by atoms with E-state index in [0.717, 1.165) is 21.9 Å². The van der Waals surface area contributed by atoms with Gasteiger partial charge in [0.15, 0.2) is 0 Å². The quantitative estimate of drug-likeness (QED) is 0.155. The van der Waals surface area contributed by atoms with Gasteiger partial charge in [-0.2, -0.15) is 0 Å². The minimum absolute atomic E-state index is 0.274. The molecule has 108 heavy (non-hydrogen) atoms. The van der Waals surface area contributed by atoms with Gasteiger partial charge in [0.2, 0.25) is 0 Å². The molecule has 20 aromatic rings. The third-order valence-electron chi connectivity index (χ3n) is 25.4. The predicted octanol–water partition coefficient (Wildman–Crippen LogP) is 30.1. The summed E-state index contributed by atoms with van der Waals surface area (Å²) >= 11 is 1.88. The Balaban J connectivity index is 0.630. The maximum atomic E-state index is 6.28. The minimum atomic E-state index is -0.293. The summed E-state index contributed by atoms with van der Waals surface area (Å²) in [5.41, 5.74) is 39.7. The topological polar surface area (TPSA) is 13.1 Å². The molecule has 2 aromatic heterocycles. The van der Waals surface area contributed by atoms with Gasteiger partial charge in [-0.3, -0.25) is 0 Å². The molecule has 1 nitrogen and oxygen atoms in total. The molecule has 0 amide bonds. The summed E-state index contributed by atoms with van der Waals surface area (Å²) in [5, 5.41) is 15.4. The Bertz CT molecular complexity index is 7030. The van der Waals surface area contributed by atoms with E-state index in [1.807, 2.05) is 17.4 Å². The van der Waals surface area contributed by atoms with Crippen molar-refractivity contribution in [1.82, 2.24) is 0 Å². The van der Waals surface area contributed by atoms with Crippen LogP contribution in [0, 0.1) is 0 Å². The monoisotopic (exact) mass is 1390 g/mol. The third kappa shape index (κ3) is 8.14. The summed E-state index contributed by atoms with van der Waals surface area (Å²) in [6.45, 7) is 9.77. The Hall–Kier alpha value is -13.0. The van der Waals surface area contributed by atoms with Gasteiger partial charge in [0.05, 0.1) is 0 Å². The van der Waals surface area contributed by atoms with Crippen molar-refractivity contribution >= 4 is 96.5 Å². The van der Waals surface area contributed by atoms with E-state index in [1.54, 1.807) is 0 Å². The number of hydrogen-bond donors (Lipinski definition) is 0. The minimum Gasteiger partial charge on any atom is -0.456 e. The summed E-state index contributed by atoms with van der Waals surface area (Å²) in [7, 11) is 0. The van der Waals surface area contributed by atoms with Crippen LogP contribution in [0.2, 0.25) is 0 Å². The third-order valence-corrected chi connectivity index (χ3v) is 26.5. The molecule has 0 bridgehead atoms. The maximum absolute atomic E-state index is 6.28. The summed E-state index contributed by atoms with van der Waals surface area (Å²) in [6, 6.07) is 125. The molecular weight excluding hydrogens is 1320 g/mol. The normalized spacial score (nSPS) is 13.7. The van der Waals surface area contributed by atoms with E-state index in [2.05, 4.69) is 349 Å². The Morgan fingerprint density at radius 1 is 0.194 bits per heavy atom. The van der Waals surface area contributed by atoms with Gasteiger partial charge in [-0.05, 0) is 259 Å². The summed E-state index contributed by atoms with van der Waals surface area (Å²) in [4.78, 5) is 0. The van der Waals surface area contributed by atoms with Gasteiger partial charge in [0.1, 0.15) is 11.2 Å². The first-order chi connectivity index (χ1) is 53.1. The van der Waals surface area contributed by atoms with Crippen LogP contribution in [0.25, 0.3) is 230 Å². The molecule has 0 unspecified atom stereocenters. The van der Waals surface area contributed by atoms with Gasteiger partial charge in [-0.15, -0.1) is 11.3 Å². The molecule has 0 atom stereocenters. The van der Waals surface area contributed by atoms with Crippen molar-refractivity contribution in [2.75, 3.05) is 0 Å². The SMILES string of the molecule is CC1(C)c2cc(-c3ccc4oc5ccccc5c4c3)ccc2-c2ccc3c4c(ccc1c24)-c1c-3c(-c2ccccc2)c2ccccc2c1-c1ccc(-c2ccc(-c3c4c(c(-c5ccccc5)c5ccccc35)-c3ccc5c6c(ccc-4c36)-c3ccc(-c4ccc6sc7ccccc7c6c4)cc3C5(C)C)cc2)cc1. The molecule has 0 N–H and O–H groups in total. The van der Waals surface area contributed by atoms with Gasteiger partial charge in [-0.25, -0.2) is 0 Å². The molecule has 4 aliphatic rings. The number of para-hydroxylation sites is 1. The van der Waals surface area contributed by atoms with Crippen molar-refractivity contribution in [3.05, 3.63) is 350 Å². The molecule has 502 valence electrons. The number of furan rings is 1. The second-order valence-corrected chi connectivity index (χ2v) is 32.6. The molecule has 0 saturated carbocycles. The molecule has 4 aliphatic carbocycles. The van der Waals surface area contributed by atoms with Crippen molar-refractivity contribution in [1.29, 1.82) is 0 Å². The highest BCUT2D eigenvalue weighted by molar-refractivity contribution is 7.25. The highest BCUT2D eigenvalue weighted by Gasteiger charge is 2.41. The van der Waals surface area contributed by atoms with E-state index in [9.17, 15) is 0 Å². The molecule has 18 aromatic carbocycles. The highest BCUT2D eigenvalue weighted by Crippen LogP contribution is 2.65. The van der Waals surface area contributed by atoms with Crippen LogP contribution in [0.5, 0.6) is 0 Å². The number of fused-ring (bicyclic) bond motifs is 18. The maximum Gasteiger partial charge on any atom is 0.135 e. The molecule has 0 radical (unpaired) electrons. The van der Waals surface area contributed by atoms with Crippen LogP contribution in [0.4, 0.5) is 0 Å². The zero-order valence-corrected chi connectivity index (χ0v) is 60.8. The smallest absolute Gasteiger partial charge is 0.135 e. The van der Waals surface area contributed by atoms with Crippen LogP contribution in [0.15, 0.2) is 332 Å². The standard InChI is InChI=1S/C106H66OS/c1-105(2)86-52-50-82-97-79(47-45-77(99(86)97)69-43-39-67(57-87(69)105)65-41-53-90-83(55-65)71-23-15-17-29-89(71)107-90)101-93(61-19-7-5-8-20-61)73-25-11-14-28-76(73)96(104(82)101)64-37-33-60(34-38-64)59-31-35-63(36-32-59)95-75-27-13-12-26-74(75)94(62-21-9-6-10-22-62)103-81-49-51-85-100-78(46-48-80(98(81)100)102(95)103)70-44-40-68(58-88(70)106(85,3)4)66-42-54-92-84(56-66)72-24-16-18-30-91(72)108-92/h5-58H,1-4H3. The summed E-state index contributed by atoms with van der Waals surface area (Å²) < 4.78 is 8.95. The number of hydrogen-bond acceptors (Lipinski definition) is 2. The van der Waals surface area contributed by atoms with Gasteiger partial charge >= 0.3 is 0 Å². The lowest BCUT2D eigenvalue weighted by Gasteiger charge is -2.36. The van der Waals surface area contributed by atoms with Crippen LogP contribution < -0.4 is 0 Å². The lowest BCUT2D eigenvalue weighted by atomic mass is 9.67. The average Bonchev–Trinajstić information content (AvgIpc) is 1.18. The van der Waals surface area contributed by atoms with Gasteiger partial charge in [-0.1, -0.05) is 307 Å². The van der Waals surface area contributed by atoms with Crippen LogP contribution in [0.1, 0.15) is 49.9 Å². The van der Waals surface area contributed by atoms with E-state index < -0.39 is 0 Å². The molecule has 0 saturated heterocycles. The van der Waals surface area contributed by atoms with E-state index in [-0.39, 0.29) is 10.8 Å². The van der Waals surface area contributed by atoms with Crippen LogP contribution in [0.3, 0.4) is 0 Å². The number of thiophene rings is 1. The Labute approximate surface area is 629 Å². The molecule has 2 heteroatoms. The zero-order valence-electron chi connectivity index (χ0n) is 60.0. The van der Waals surface area contributed by atoms with Crippen molar-refractivity contribution in [2.45, 2.75) is 38.5 Å².